The van der Waals surface area contributed by atoms with Gasteiger partial charge in [-0.05, 0) is 12.5 Å². The number of rotatable bonds is 3. The maximum atomic E-state index is 11.8. The molecule has 1 amide bonds. The Balaban J connectivity index is 2.45. The van der Waals surface area contributed by atoms with Crippen LogP contribution in [0.15, 0.2) is 18.2 Å². The molecule has 0 bridgehead atoms. The lowest BCUT2D eigenvalue weighted by molar-refractivity contribution is 0.0949. The third-order valence-electron chi connectivity index (χ3n) is 2.55. The number of nitrogen functional groups attached to an aromatic ring is 1. The van der Waals surface area contributed by atoms with Gasteiger partial charge in [-0.15, -0.1) is 11.3 Å². The molecule has 0 atom stereocenters. The Kier molecular flexibility index (Phi) is 3.31. The highest BCUT2D eigenvalue weighted by molar-refractivity contribution is 7.21. The Labute approximate surface area is 103 Å². The van der Waals surface area contributed by atoms with Crippen molar-refractivity contribution in [1.29, 1.82) is 0 Å². The topological polar surface area (TPSA) is 75.4 Å². The van der Waals surface area contributed by atoms with E-state index in [0.29, 0.717) is 10.6 Å². The Bertz CT molecular complexity index is 563. The fourth-order valence-corrected chi connectivity index (χ4v) is 2.80. The predicted molar refractivity (Wildman–Crippen MR) is 70.4 cm³/mol. The van der Waals surface area contributed by atoms with Crippen molar-refractivity contribution in [1.82, 2.24) is 5.32 Å². The molecular formula is C12H14N2O2S. The van der Waals surface area contributed by atoms with Gasteiger partial charge in [0.25, 0.3) is 5.91 Å². The molecule has 1 aromatic heterocycles. The number of benzene rings is 1. The van der Waals surface area contributed by atoms with E-state index in [1.54, 1.807) is 0 Å². The van der Waals surface area contributed by atoms with Gasteiger partial charge in [-0.1, -0.05) is 18.2 Å². The number of carbonyl (C=O) groups excluding carboxylic acids is 1. The number of aliphatic hydroxyl groups is 1. The zero-order valence-corrected chi connectivity index (χ0v) is 10.3. The van der Waals surface area contributed by atoms with Crippen molar-refractivity contribution in [2.45, 2.75) is 6.92 Å². The average molecular weight is 250 g/mol. The zero-order chi connectivity index (χ0) is 12.4. The monoisotopic (exact) mass is 250 g/mol. The number of nitrogens with one attached hydrogen (secondary N) is 1. The van der Waals surface area contributed by atoms with Gasteiger partial charge in [-0.25, -0.2) is 0 Å². The summed E-state index contributed by atoms with van der Waals surface area (Å²) in [5, 5.41) is 12.2. The molecule has 0 spiro atoms. The highest BCUT2D eigenvalue weighted by Gasteiger charge is 2.16. The van der Waals surface area contributed by atoms with Gasteiger partial charge < -0.3 is 16.2 Å². The van der Waals surface area contributed by atoms with Crippen LogP contribution in [0.1, 0.15) is 15.2 Å². The summed E-state index contributed by atoms with van der Waals surface area (Å²) in [5.74, 6) is -0.225. The number of aliphatic hydroxyl groups excluding tert-OH is 1. The lowest BCUT2D eigenvalue weighted by Crippen LogP contribution is -2.26. The number of carbonyl (C=O) groups is 1. The number of hydrogen-bond acceptors (Lipinski definition) is 4. The molecule has 2 aromatic rings. The van der Waals surface area contributed by atoms with Crippen LogP contribution in [-0.2, 0) is 0 Å². The molecule has 5 heteroatoms. The van der Waals surface area contributed by atoms with E-state index in [1.807, 2.05) is 25.1 Å². The molecule has 0 unspecified atom stereocenters. The zero-order valence-electron chi connectivity index (χ0n) is 9.49. The van der Waals surface area contributed by atoms with Crippen LogP contribution in [0.2, 0.25) is 0 Å². The molecule has 1 heterocycles. The molecule has 2 rings (SSSR count). The second-order valence-electron chi connectivity index (χ2n) is 3.78. The first-order chi connectivity index (χ1) is 8.15. The van der Waals surface area contributed by atoms with Crippen LogP contribution >= 0.6 is 11.3 Å². The van der Waals surface area contributed by atoms with Crippen molar-refractivity contribution in [2.24, 2.45) is 0 Å². The van der Waals surface area contributed by atoms with Crippen LogP contribution in [0.25, 0.3) is 10.1 Å². The van der Waals surface area contributed by atoms with Crippen molar-refractivity contribution in [3.05, 3.63) is 28.6 Å². The van der Waals surface area contributed by atoms with Crippen LogP contribution in [0.4, 0.5) is 5.69 Å². The summed E-state index contributed by atoms with van der Waals surface area (Å²) in [6.07, 6.45) is 0. The number of hydrogen-bond donors (Lipinski definition) is 3. The van der Waals surface area contributed by atoms with Crippen molar-refractivity contribution >= 4 is 33.0 Å². The first-order valence-electron chi connectivity index (χ1n) is 5.31. The molecule has 0 aliphatic heterocycles. The molecule has 0 radical (unpaired) electrons. The molecule has 90 valence electrons. The van der Waals surface area contributed by atoms with Gasteiger partial charge in [0.05, 0.1) is 12.3 Å². The van der Waals surface area contributed by atoms with Crippen molar-refractivity contribution in [3.8, 4) is 0 Å². The highest BCUT2D eigenvalue weighted by Crippen LogP contribution is 2.35. The summed E-state index contributed by atoms with van der Waals surface area (Å²) in [6.45, 7) is 2.16. The normalized spacial score (nSPS) is 10.7. The second-order valence-corrected chi connectivity index (χ2v) is 4.80. The van der Waals surface area contributed by atoms with Gasteiger partial charge in [0.15, 0.2) is 0 Å². The largest absolute Gasteiger partial charge is 0.397 e. The Morgan fingerprint density at radius 3 is 2.94 bits per heavy atom. The fourth-order valence-electron chi connectivity index (χ4n) is 1.70. The molecule has 0 fully saturated rings. The third kappa shape index (κ3) is 2.11. The Hall–Kier alpha value is -1.59. The van der Waals surface area contributed by atoms with E-state index in [4.69, 9.17) is 10.8 Å². The molecule has 17 heavy (non-hydrogen) atoms. The van der Waals surface area contributed by atoms with Gasteiger partial charge in [-0.3, -0.25) is 4.79 Å². The first kappa shape index (κ1) is 11.9. The van der Waals surface area contributed by atoms with E-state index in [0.717, 1.165) is 15.6 Å². The van der Waals surface area contributed by atoms with Gasteiger partial charge in [0.2, 0.25) is 0 Å². The minimum Gasteiger partial charge on any atom is -0.397 e. The fraction of sp³-hybridized carbons (Fsp3) is 0.250. The minimum absolute atomic E-state index is 0.0738. The van der Waals surface area contributed by atoms with E-state index >= 15 is 0 Å². The number of aryl methyl sites for hydroxylation is 1. The maximum absolute atomic E-state index is 11.8. The van der Waals surface area contributed by atoms with Gasteiger partial charge in [-0.2, -0.15) is 0 Å². The van der Waals surface area contributed by atoms with Gasteiger partial charge in [0.1, 0.15) is 4.88 Å². The minimum atomic E-state index is -0.225. The predicted octanol–water partition coefficient (Wildman–Crippen LogP) is 1.51. The molecule has 4 N–H and O–H groups in total. The first-order valence-corrected chi connectivity index (χ1v) is 6.13. The van der Waals surface area contributed by atoms with Crippen LogP contribution in [-0.4, -0.2) is 24.2 Å². The van der Waals surface area contributed by atoms with Crippen LogP contribution < -0.4 is 11.1 Å². The lowest BCUT2D eigenvalue weighted by Gasteiger charge is -2.01. The van der Waals surface area contributed by atoms with Crippen LogP contribution in [0.5, 0.6) is 0 Å². The molecule has 0 aliphatic carbocycles. The average Bonchev–Trinajstić information content (AvgIpc) is 2.66. The van der Waals surface area contributed by atoms with E-state index in [-0.39, 0.29) is 19.1 Å². The van der Waals surface area contributed by atoms with E-state index in [2.05, 4.69) is 5.32 Å². The van der Waals surface area contributed by atoms with Crippen molar-refractivity contribution in [3.63, 3.8) is 0 Å². The summed E-state index contributed by atoms with van der Waals surface area (Å²) in [7, 11) is 0. The summed E-state index contributed by atoms with van der Waals surface area (Å²) < 4.78 is 1.04. The lowest BCUT2D eigenvalue weighted by atomic mass is 10.1. The Morgan fingerprint density at radius 2 is 2.29 bits per heavy atom. The SMILES string of the molecule is Cc1cccc2c(N)c(C(=O)NCCO)sc12. The summed E-state index contributed by atoms with van der Waals surface area (Å²) in [4.78, 5) is 12.3. The summed E-state index contributed by atoms with van der Waals surface area (Å²) in [6, 6.07) is 5.83. The van der Waals surface area contributed by atoms with Crippen LogP contribution in [0.3, 0.4) is 0 Å². The molecule has 0 saturated heterocycles. The third-order valence-corrected chi connectivity index (χ3v) is 3.91. The molecule has 0 aliphatic rings. The number of thiophene rings is 1. The summed E-state index contributed by atoms with van der Waals surface area (Å²) in [5.41, 5.74) is 7.60. The maximum Gasteiger partial charge on any atom is 0.263 e. The quantitative estimate of drug-likeness (QED) is 0.773. The molecular weight excluding hydrogens is 236 g/mol. The number of amides is 1. The smallest absolute Gasteiger partial charge is 0.263 e. The molecule has 0 saturated carbocycles. The Morgan fingerprint density at radius 1 is 1.53 bits per heavy atom. The molecule has 1 aromatic carbocycles. The summed E-state index contributed by atoms with van der Waals surface area (Å²) >= 11 is 1.39. The highest BCUT2D eigenvalue weighted by atomic mass is 32.1. The van der Waals surface area contributed by atoms with Gasteiger partial charge in [0, 0.05) is 16.6 Å². The second kappa shape index (κ2) is 4.73. The van der Waals surface area contributed by atoms with Gasteiger partial charge >= 0.3 is 0 Å². The van der Waals surface area contributed by atoms with Crippen molar-refractivity contribution < 1.29 is 9.90 Å². The van der Waals surface area contributed by atoms with E-state index in [1.165, 1.54) is 11.3 Å². The van der Waals surface area contributed by atoms with E-state index in [9.17, 15) is 4.79 Å². The number of anilines is 1. The number of nitrogens with two attached hydrogens (primary N) is 1. The van der Waals surface area contributed by atoms with Crippen molar-refractivity contribution in [2.75, 3.05) is 18.9 Å². The molecule has 4 nitrogen and oxygen atoms in total. The van der Waals surface area contributed by atoms with Crippen LogP contribution in [0, 0.1) is 6.92 Å². The number of fused-ring (bicyclic) bond motifs is 1. The standard InChI is InChI=1S/C12H14N2O2S/c1-7-3-2-4-8-9(13)11(17-10(7)8)12(16)14-5-6-15/h2-4,15H,5-6,13H2,1H3,(H,14,16). The van der Waals surface area contributed by atoms with E-state index < -0.39 is 0 Å².